The van der Waals surface area contributed by atoms with Crippen LogP contribution in [0.4, 0.5) is 17.5 Å². The molecule has 0 N–H and O–H groups in total. The Balaban J connectivity index is 1.86. The molecule has 0 saturated heterocycles. The SMILES string of the molecule is CCN(Cc1ccccc1)c1ccnc(N(CC)c2ccccc2)n1. The van der Waals surface area contributed by atoms with Crippen molar-refractivity contribution in [3.8, 4) is 0 Å². The molecule has 4 nitrogen and oxygen atoms in total. The van der Waals surface area contributed by atoms with Crippen LogP contribution in [0.1, 0.15) is 19.4 Å². The minimum Gasteiger partial charge on any atom is -0.352 e. The van der Waals surface area contributed by atoms with Gasteiger partial charge < -0.3 is 9.80 Å². The van der Waals surface area contributed by atoms with Crippen LogP contribution < -0.4 is 9.80 Å². The molecular weight excluding hydrogens is 308 g/mol. The molecule has 0 unspecified atom stereocenters. The molecule has 0 bridgehead atoms. The van der Waals surface area contributed by atoms with E-state index in [4.69, 9.17) is 4.98 Å². The summed E-state index contributed by atoms with van der Waals surface area (Å²) in [5, 5.41) is 0. The molecule has 3 aromatic rings. The molecule has 0 fully saturated rings. The van der Waals surface area contributed by atoms with E-state index >= 15 is 0 Å². The van der Waals surface area contributed by atoms with Gasteiger partial charge in [0.2, 0.25) is 5.95 Å². The maximum Gasteiger partial charge on any atom is 0.231 e. The van der Waals surface area contributed by atoms with Gasteiger partial charge in [0.15, 0.2) is 0 Å². The fraction of sp³-hybridized carbons (Fsp3) is 0.238. The lowest BCUT2D eigenvalue weighted by atomic mass is 10.2. The highest BCUT2D eigenvalue weighted by molar-refractivity contribution is 5.58. The van der Waals surface area contributed by atoms with Crippen LogP contribution in [0.15, 0.2) is 72.9 Å². The van der Waals surface area contributed by atoms with Crippen LogP contribution in [0, 0.1) is 0 Å². The van der Waals surface area contributed by atoms with E-state index in [2.05, 4.69) is 65.0 Å². The number of hydrogen-bond acceptors (Lipinski definition) is 4. The van der Waals surface area contributed by atoms with Gasteiger partial charge in [-0.25, -0.2) is 4.98 Å². The minimum absolute atomic E-state index is 0.734. The van der Waals surface area contributed by atoms with E-state index in [1.54, 1.807) is 0 Å². The van der Waals surface area contributed by atoms with Gasteiger partial charge in [0.25, 0.3) is 0 Å². The number of rotatable bonds is 7. The van der Waals surface area contributed by atoms with Crippen LogP contribution in [0.25, 0.3) is 0 Å². The standard InChI is InChI=1S/C21H24N4/c1-3-24(17-18-11-7-5-8-12-18)20-15-16-22-21(23-20)25(4-2)19-13-9-6-10-14-19/h5-16H,3-4,17H2,1-2H3. The summed E-state index contributed by atoms with van der Waals surface area (Å²) in [5.74, 6) is 1.68. The number of aromatic nitrogens is 2. The molecule has 1 aromatic heterocycles. The number of anilines is 3. The third-order valence-corrected chi connectivity index (χ3v) is 4.18. The second-order valence-corrected chi connectivity index (χ2v) is 5.79. The van der Waals surface area contributed by atoms with Crippen molar-refractivity contribution in [2.45, 2.75) is 20.4 Å². The number of para-hydroxylation sites is 1. The Morgan fingerprint density at radius 1 is 0.800 bits per heavy atom. The highest BCUT2D eigenvalue weighted by Crippen LogP contribution is 2.23. The van der Waals surface area contributed by atoms with Crippen LogP contribution in [-0.4, -0.2) is 23.1 Å². The Labute approximate surface area is 149 Å². The summed E-state index contributed by atoms with van der Waals surface area (Å²) >= 11 is 0. The summed E-state index contributed by atoms with van der Waals surface area (Å²) in [6.07, 6.45) is 1.84. The second-order valence-electron chi connectivity index (χ2n) is 5.79. The third-order valence-electron chi connectivity index (χ3n) is 4.18. The lowest BCUT2D eigenvalue weighted by Crippen LogP contribution is -2.25. The Bertz CT molecular complexity index is 774. The maximum absolute atomic E-state index is 4.83. The molecule has 4 heteroatoms. The summed E-state index contributed by atoms with van der Waals surface area (Å²) < 4.78 is 0. The van der Waals surface area contributed by atoms with Crippen molar-refractivity contribution >= 4 is 17.5 Å². The van der Waals surface area contributed by atoms with E-state index in [9.17, 15) is 0 Å². The first-order chi connectivity index (χ1) is 12.3. The molecular formula is C21H24N4. The Morgan fingerprint density at radius 2 is 1.48 bits per heavy atom. The van der Waals surface area contributed by atoms with Crippen molar-refractivity contribution < 1.29 is 0 Å². The monoisotopic (exact) mass is 332 g/mol. The Kier molecular flexibility index (Phi) is 5.62. The zero-order chi connectivity index (χ0) is 17.5. The highest BCUT2D eigenvalue weighted by atomic mass is 15.3. The fourth-order valence-electron chi connectivity index (χ4n) is 2.85. The maximum atomic E-state index is 4.83. The molecule has 0 radical (unpaired) electrons. The van der Waals surface area contributed by atoms with Crippen molar-refractivity contribution in [1.29, 1.82) is 0 Å². The average molecular weight is 332 g/mol. The van der Waals surface area contributed by atoms with Crippen LogP contribution >= 0.6 is 0 Å². The van der Waals surface area contributed by atoms with E-state index in [0.717, 1.165) is 37.1 Å². The van der Waals surface area contributed by atoms with Crippen LogP contribution in [-0.2, 0) is 6.54 Å². The Morgan fingerprint density at radius 3 is 2.12 bits per heavy atom. The van der Waals surface area contributed by atoms with Gasteiger partial charge in [-0.3, -0.25) is 0 Å². The first kappa shape index (κ1) is 17.0. The average Bonchev–Trinajstić information content (AvgIpc) is 2.69. The lowest BCUT2D eigenvalue weighted by Gasteiger charge is -2.25. The fourth-order valence-corrected chi connectivity index (χ4v) is 2.85. The van der Waals surface area contributed by atoms with Gasteiger partial charge in [-0.05, 0) is 37.6 Å². The van der Waals surface area contributed by atoms with Crippen molar-refractivity contribution in [3.63, 3.8) is 0 Å². The molecule has 0 amide bonds. The van der Waals surface area contributed by atoms with Crippen molar-refractivity contribution in [2.75, 3.05) is 22.9 Å². The first-order valence-electron chi connectivity index (χ1n) is 8.76. The molecule has 1 heterocycles. The first-order valence-corrected chi connectivity index (χ1v) is 8.76. The minimum atomic E-state index is 0.734. The normalized spacial score (nSPS) is 10.5. The number of hydrogen-bond donors (Lipinski definition) is 0. The van der Waals surface area contributed by atoms with Crippen molar-refractivity contribution in [2.24, 2.45) is 0 Å². The van der Waals surface area contributed by atoms with E-state index < -0.39 is 0 Å². The van der Waals surface area contributed by atoms with Gasteiger partial charge in [-0.15, -0.1) is 0 Å². The molecule has 0 saturated carbocycles. The molecule has 3 rings (SSSR count). The topological polar surface area (TPSA) is 32.3 Å². The van der Waals surface area contributed by atoms with Gasteiger partial charge in [0.1, 0.15) is 5.82 Å². The second kappa shape index (κ2) is 8.29. The lowest BCUT2D eigenvalue weighted by molar-refractivity contribution is 0.805. The zero-order valence-corrected chi connectivity index (χ0v) is 14.8. The Hall–Kier alpha value is -2.88. The summed E-state index contributed by atoms with van der Waals surface area (Å²) in [6, 6.07) is 22.7. The van der Waals surface area contributed by atoms with Gasteiger partial charge in [0.05, 0.1) is 0 Å². The molecule has 0 spiro atoms. The third kappa shape index (κ3) is 4.15. The zero-order valence-electron chi connectivity index (χ0n) is 14.8. The number of benzene rings is 2. The van der Waals surface area contributed by atoms with Gasteiger partial charge in [-0.1, -0.05) is 48.5 Å². The van der Waals surface area contributed by atoms with E-state index in [1.165, 1.54) is 5.56 Å². The van der Waals surface area contributed by atoms with Gasteiger partial charge in [0, 0.05) is 31.5 Å². The molecule has 128 valence electrons. The molecule has 2 aromatic carbocycles. The van der Waals surface area contributed by atoms with E-state index in [1.807, 2.05) is 36.5 Å². The highest BCUT2D eigenvalue weighted by Gasteiger charge is 2.13. The van der Waals surface area contributed by atoms with Crippen LogP contribution in [0.2, 0.25) is 0 Å². The summed E-state index contributed by atoms with van der Waals surface area (Å²) in [6.45, 7) is 6.82. The smallest absolute Gasteiger partial charge is 0.231 e. The van der Waals surface area contributed by atoms with E-state index in [0.29, 0.717) is 0 Å². The van der Waals surface area contributed by atoms with E-state index in [-0.39, 0.29) is 0 Å². The summed E-state index contributed by atoms with van der Waals surface area (Å²) in [4.78, 5) is 13.7. The van der Waals surface area contributed by atoms with Gasteiger partial charge in [-0.2, -0.15) is 4.98 Å². The van der Waals surface area contributed by atoms with Crippen LogP contribution in [0.3, 0.4) is 0 Å². The molecule has 0 atom stereocenters. The molecule has 0 aliphatic heterocycles. The predicted molar refractivity (Wildman–Crippen MR) is 104 cm³/mol. The quantitative estimate of drug-likeness (QED) is 0.630. The van der Waals surface area contributed by atoms with Crippen LogP contribution in [0.5, 0.6) is 0 Å². The van der Waals surface area contributed by atoms with Crippen molar-refractivity contribution in [3.05, 3.63) is 78.5 Å². The summed E-state index contributed by atoms with van der Waals surface area (Å²) in [5.41, 5.74) is 2.38. The molecule has 0 aliphatic carbocycles. The molecule has 0 aliphatic rings. The van der Waals surface area contributed by atoms with Gasteiger partial charge >= 0.3 is 0 Å². The predicted octanol–water partition coefficient (Wildman–Crippen LogP) is 4.66. The number of nitrogens with zero attached hydrogens (tertiary/aromatic N) is 4. The largest absolute Gasteiger partial charge is 0.352 e. The van der Waals surface area contributed by atoms with Crippen molar-refractivity contribution in [1.82, 2.24) is 9.97 Å². The molecule has 25 heavy (non-hydrogen) atoms. The summed E-state index contributed by atoms with van der Waals surface area (Å²) in [7, 11) is 0.